The van der Waals surface area contributed by atoms with Crippen LogP contribution in [0.5, 0.6) is 5.75 Å². The van der Waals surface area contributed by atoms with Gasteiger partial charge in [0.1, 0.15) is 23.6 Å². The van der Waals surface area contributed by atoms with Gasteiger partial charge in [0.15, 0.2) is 0 Å². The minimum Gasteiger partial charge on any atom is -0.494 e. The van der Waals surface area contributed by atoms with Crippen LogP contribution in [-0.2, 0) is 0 Å². The molecule has 18 heavy (non-hydrogen) atoms. The standard InChI is InChI=1S/C10H11ClN6O/c1-18-9-3-2-7(17-6-13-15-16-17)4-8(9)14-10(12)5-11/h2-4,6H,5H2,1H3,(H2,12,14). The number of hydrogen-bond donors (Lipinski definition) is 1. The van der Waals surface area contributed by atoms with Crippen molar-refractivity contribution in [1.29, 1.82) is 0 Å². The van der Waals surface area contributed by atoms with Crippen LogP contribution in [0.25, 0.3) is 5.69 Å². The third-order valence-corrected chi connectivity index (χ3v) is 2.45. The van der Waals surface area contributed by atoms with Gasteiger partial charge in [-0.3, -0.25) is 0 Å². The number of nitrogens with zero attached hydrogens (tertiary/aromatic N) is 5. The van der Waals surface area contributed by atoms with Gasteiger partial charge in [-0.05, 0) is 28.6 Å². The topological polar surface area (TPSA) is 91.2 Å². The van der Waals surface area contributed by atoms with E-state index in [1.807, 2.05) is 6.07 Å². The molecule has 0 saturated carbocycles. The summed E-state index contributed by atoms with van der Waals surface area (Å²) in [5.41, 5.74) is 6.94. The van der Waals surface area contributed by atoms with Gasteiger partial charge in [0.2, 0.25) is 0 Å². The zero-order chi connectivity index (χ0) is 13.0. The average molecular weight is 267 g/mol. The molecule has 1 aromatic heterocycles. The first-order chi connectivity index (χ1) is 8.74. The number of alkyl halides is 1. The Bertz CT molecular complexity index is 554. The number of hydrogen-bond acceptors (Lipinski definition) is 5. The van der Waals surface area contributed by atoms with E-state index in [9.17, 15) is 0 Å². The van der Waals surface area contributed by atoms with E-state index in [2.05, 4.69) is 20.5 Å². The fourth-order valence-electron chi connectivity index (χ4n) is 1.37. The van der Waals surface area contributed by atoms with E-state index < -0.39 is 0 Å². The maximum Gasteiger partial charge on any atom is 0.144 e. The number of methoxy groups -OCH3 is 1. The van der Waals surface area contributed by atoms with Gasteiger partial charge in [-0.15, -0.1) is 16.7 Å². The molecule has 0 spiro atoms. The van der Waals surface area contributed by atoms with Gasteiger partial charge in [-0.1, -0.05) is 0 Å². The summed E-state index contributed by atoms with van der Waals surface area (Å²) >= 11 is 5.60. The number of aromatic nitrogens is 4. The van der Waals surface area contributed by atoms with Crippen LogP contribution in [0.1, 0.15) is 0 Å². The first kappa shape index (κ1) is 12.3. The molecule has 0 fully saturated rings. The van der Waals surface area contributed by atoms with Crippen LogP contribution < -0.4 is 10.5 Å². The molecule has 1 aromatic carbocycles. The Kier molecular flexibility index (Phi) is 3.73. The van der Waals surface area contributed by atoms with Crippen LogP contribution in [0.2, 0.25) is 0 Å². The van der Waals surface area contributed by atoms with E-state index in [4.69, 9.17) is 22.1 Å². The van der Waals surface area contributed by atoms with Gasteiger partial charge in [-0.25, -0.2) is 9.67 Å². The van der Waals surface area contributed by atoms with E-state index in [1.54, 1.807) is 19.2 Å². The van der Waals surface area contributed by atoms with E-state index in [1.165, 1.54) is 11.0 Å². The molecule has 8 heteroatoms. The van der Waals surface area contributed by atoms with E-state index in [0.29, 0.717) is 17.3 Å². The minimum absolute atomic E-state index is 0.151. The summed E-state index contributed by atoms with van der Waals surface area (Å²) in [5.74, 6) is 1.06. The molecular weight excluding hydrogens is 256 g/mol. The summed E-state index contributed by atoms with van der Waals surface area (Å²) in [5, 5.41) is 10.9. The summed E-state index contributed by atoms with van der Waals surface area (Å²) in [6, 6.07) is 5.33. The third kappa shape index (κ3) is 2.57. The number of rotatable bonds is 4. The number of aliphatic imine (C=N–C) groups is 1. The zero-order valence-electron chi connectivity index (χ0n) is 9.62. The van der Waals surface area contributed by atoms with Gasteiger partial charge < -0.3 is 10.5 Å². The van der Waals surface area contributed by atoms with Crippen molar-refractivity contribution in [3.8, 4) is 11.4 Å². The molecule has 0 aliphatic carbocycles. The molecular formula is C10H11ClN6O. The van der Waals surface area contributed by atoms with Gasteiger partial charge >= 0.3 is 0 Å². The third-order valence-electron chi connectivity index (χ3n) is 2.18. The fraction of sp³-hybridized carbons (Fsp3) is 0.200. The van der Waals surface area contributed by atoms with Gasteiger partial charge in [-0.2, -0.15) is 0 Å². The molecule has 2 rings (SSSR count). The first-order valence-electron chi connectivity index (χ1n) is 5.05. The SMILES string of the molecule is COc1ccc(-n2cnnn2)cc1N=C(N)CCl. The molecule has 1 heterocycles. The van der Waals surface area contributed by atoms with Gasteiger partial charge in [0.25, 0.3) is 0 Å². The largest absolute Gasteiger partial charge is 0.494 e. The van der Waals surface area contributed by atoms with E-state index in [-0.39, 0.29) is 5.88 Å². The molecule has 0 bridgehead atoms. The highest BCUT2D eigenvalue weighted by Crippen LogP contribution is 2.29. The van der Waals surface area contributed by atoms with E-state index in [0.717, 1.165) is 5.69 Å². The molecule has 0 saturated heterocycles. The molecule has 0 amide bonds. The lowest BCUT2D eigenvalue weighted by molar-refractivity contribution is 0.416. The summed E-state index contributed by atoms with van der Waals surface area (Å²) in [6.45, 7) is 0. The molecule has 94 valence electrons. The Balaban J connectivity index is 2.46. The van der Waals surface area contributed by atoms with Crippen molar-refractivity contribution in [2.75, 3.05) is 13.0 Å². The maximum absolute atomic E-state index is 5.61. The van der Waals surface area contributed by atoms with Crippen molar-refractivity contribution < 1.29 is 4.74 Å². The predicted octanol–water partition coefficient (Wildman–Crippen LogP) is 0.898. The molecule has 2 N–H and O–H groups in total. The summed E-state index contributed by atoms with van der Waals surface area (Å²) < 4.78 is 6.71. The number of tetrazole rings is 1. The van der Waals surface area contributed by atoms with Crippen LogP contribution in [0.4, 0.5) is 5.69 Å². The number of benzene rings is 1. The van der Waals surface area contributed by atoms with Crippen LogP contribution in [0.3, 0.4) is 0 Å². The zero-order valence-corrected chi connectivity index (χ0v) is 10.4. The number of nitrogens with two attached hydrogens (primary N) is 1. The van der Waals surface area contributed by atoms with Crippen LogP contribution in [0.15, 0.2) is 29.5 Å². The highest BCUT2D eigenvalue weighted by molar-refractivity contribution is 6.28. The molecule has 0 radical (unpaired) electrons. The predicted molar refractivity (Wildman–Crippen MR) is 67.7 cm³/mol. The lowest BCUT2D eigenvalue weighted by Crippen LogP contribution is -2.12. The lowest BCUT2D eigenvalue weighted by atomic mass is 10.2. The maximum atomic E-state index is 5.61. The summed E-state index contributed by atoms with van der Waals surface area (Å²) in [7, 11) is 1.56. The van der Waals surface area contributed by atoms with Crippen LogP contribution in [-0.4, -0.2) is 39.0 Å². The van der Waals surface area contributed by atoms with E-state index >= 15 is 0 Å². The quantitative estimate of drug-likeness (QED) is 0.504. The highest BCUT2D eigenvalue weighted by Gasteiger charge is 2.06. The monoisotopic (exact) mass is 266 g/mol. The van der Waals surface area contributed by atoms with Gasteiger partial charge in [0.05, 0.1) is 18.7 Å². The molecule has 7 nitrogen and oxygen atoms in total. The number of halogens is 1. The lowest BCUT2D eigenvalue weighted by Gasteiger charge is -2.07. The fourth-order valence-corrected chi connectivity index (χ4v) is 1.43. The van der Waals surface area contributed by atoms with Crippen molar-refractivity contribution in [3.63, 3.8) is 0 Å². The average Bonchev–Trinajstić information content (AvgIpc) is 2.92. The van der Waals surface area contributed by atoms with Crippen molar-refractivity contribution in [1.82, 2.24) is 20.2 Å². The second-order valence-corrected chi connectivity index (χ2v) is 3.61. The Morgan fingerprint density at radius 1 is 1.56 bits per heavy atom. The van der Waals surface area contributed by atoms with Crippen molar-refractivity contribution in [3.05, 3.63) is 24.5 Å². The minimum atomic E-state index is 0.151. The number of amidine groups is 1. The van der Waals surface area contributed by atoms with Crippen molar-refractivity contribution in [2.45, 2.75) is 0 Å². The Labute approximate surface area is 108 Å². The molecule has 0 aliphatic heterocycles. The van der Waals surface area contributed by atoms with Crippen LogP contribution >= 0.6 is 11.6 Å². The molecule has 0 aliphatic rings. The van der Waals surface area contributed by atoms with Gasteiger partial charge in [0, 0.05) is 0 Å². The molecule has 0 atom stereocenters. The van der Waals surface area contributed by atoms with Crippen molar-refractivity contribution in [2.24, 2.45) is 10.7 Å². The molecule has 0 unspecified atom stereocenters. The van der Waals surface area contributed by atoms with Crippen molar-refractivity contribution >= 4 is 23.1 Å². The number of ether oxygens (including phenoxy) is 1. The first-order valence-corrected chi connectivity index (χ1v) is 5.58. The molecule has 2 aromatic rings. The smallest absolute Gasteiger partial charge is 0.144 e. The second kappa shape index (κ2) is 5.46. The normalized spacial score (nSPS) is 11.6. The Morgan fingerprint density at radius 2 is 2.39 bits per heavy atom. The summed E-state index contributed by atoms with van der Waals surface area (Å²) in [6.07, 6.45) is 1.49. The summed E-state index contributed by atoms with van der Waals surface area (Å²) in [4.78, 5) is 4.17. The van der Waals surface area contributed by atoms with Crippen LogP contribution in [0, 0.1) is 0 Å². The Morgan fingerprint density at radius 3 is 3.00 bits per heavy atom. The second-order valence-electron chi connectivity index (χ2n) is 3.35. The highest BCUT2D eigenvalue weighted by atomic mass is 35.5. The Hall–Kier alpha value is -2.15.